The van der Waals surface area contributed by atoms with Crippen LogP contribution in [-0.4, -0.2) is 139 Å². The summed E-state index contributed by atoms with van der Waals surface area (Å²) in [5, 5.41) is 93.9. The summed E-state index contributed by atoms with van der Waals surface area (Å²) < 4.78 is 12.5. The van der Waals surface area contributed by atoms with Crippen LogP contribution in [0.1, 0.15) is 130 Å². The lowest BCUT2D eigenvalue weighted by Gasteiger charge is -2.75. The maximum Gasteiger partial charge on any atom is 0.310 e. The third-order valence-corrected chi connectivity index (χ3v) is 21.7. The number of carboxylic acid groups (broad SMARTS) is 1. The first-order valence-electron chi connectivity index (χ1n) is 26.0. The average molecular weight is 955 g/mol. The summed E-state index contributed by atoms with van der Waals surface area (Å²) in [6.45, 7) is 10.9. The predicted octanol–water partition coefficient (Wildman–Crippen LogP) is 3.22. The molecule has 2 saturated heterocycles. The maximum atomic E-state index is 14.1. The molecule has 2 bridgehead atoms. The van der Waals surface area contributed by atoms with Crippen LogP contribution in [0.4, 0.5) is 0 Å². The van der Waals surface area contributed by atoms with Crippen LogP contribution in [0.3, 0.4) is 0 Å². The molecule has 5 saturated carbocycles. The van der Waals surface area contributed by atoms with E-state index in [0.29, 0.717) is 64.3 Å². The summed E-state index contributed by atoms with van der Waals surface area (Å²) in [5.74, 6) is -2.43. The molecule has 2 aliphatic heterocycles. The number of aromatic amines is 1. The number of fused-ring (bicyclic) bond motifs is 8. The van der Waals surface area contributed by atoms with E-state index < -0.39 is 81.2 Å². The molecule has 16 heteroatoms. The second kappa shape index (κ2) is 18.2. The molecule has 0 aromatic carbocycles. The number of aliphatic carboxylic acids is 1. The molecule has 3 heterocycles. The van der Waals surface area contributed by atoms with Gasteiger partial charge in [0, 0.05) is 48.9 Å². The number of hydrogen-bond donors (Lipinski definition) is 11. The van der Waals surface area contributed by atoms with Gasteiger partial charge in [-0.3, -0.25) is 9.59 Å². The number of carbonyl (C=O) groups is 2. The van der Waals surface area contributed by atoms with Gasteiger partial charge in [0.15, 0.2) is 6.29 Å². The number of rotatable bonds is 14. The van der Waals surface area contributed by atoms with Crippen molar-refractivity contribution < 1.29 is 59.9 Å². The number of aliphatic hydroxyl groups excluding tert-OH is 7. The molecule has 1 amide bonds. The summed E-state index contributed by atoms with van der Waals surface area (Å²) in [5.41, 5.74) is 3.95. The van der Waals surface area contributed by atoms with Gasteiger partial charge in [0.2, 0.25) is 5.91 Å². The Morgan fingerprint density at radius 3 is 2.40 bits per heavy atom. The van der Waals surface area contributed by atoms with Gasteiger partial charge in [0.25, 0.3) is 0 Å². The Hall–Kier alpha value is -2.51. The van der Waals surface area contributed by atoms with Crippen molar-refractivity contribution >= 4 is 11.9 Å². The largest absolute Gasteiger partial charge is 0.481 e. The zero-order valence-electron chi connectivity index (χ0n) is 40.9. The van der Waals surface area contributed by atoms with E-state index >= 15 is 0 Å². The fourth-order valence-corrected chi connectivity index (χ4v) is 18.2. The molecule has 0 unspecified atom stereocenters. The molecule has 9 rings (SSSR count). The Bertz CT molecular complexity index is 2040. The molecular weight excluding hydrogens is 873 g/mol. The summed E-state index contributed by atoms with van der Waals surface area (Å²) in [6.07, 6.45) is 5.41. The Kier molecular flexibility index (Phi) is 13.5. The van der Waals surface area contributed by atoms with E-state index in [9.17, 15) is 50.4 Å². The monoisotopic (exact) mass is 955 g/mol. The number of ether oxygens (including phenoxy) is 2. The number of carboxylic acids is 1. The van der Waals surface area contributed by atoms with Crippen LogP contribution in [0.5, 0.6) is 0 Å². The summed E-state index contributed by atoms with van der Waals surface area (Å²) in [4.78, 5) is 35.5. The van der Waals surface area contributed by atoms with E-state index in [1.807, 2.05) is 6.92 Å². The molecule has 68 heavy (non-hydrogen) atoms. The van der Waals surface area contributed by atoms with Crippen molar-refractivity contribution in [1.29, 1.82) is 0 Å². The summed E-state index contributed by atoms with van der Waals surface area (Å²) >= 11 is 0. The number of hydrogen-bond acceptors (Lipinski definition) is 13. The lowest BCUT2D eigenvalue weighted by molar-refractivity contribution is -0.341. The summed E-state index contributed by atoms with van der Waals surface area (Å²) in [6, 6.07) is -0.309. The molecule has 1 aromatic heterocycles. The molecule has 382 valence electrons. The quantitative estimate of drug-likeness (QED) is 0.0944. The Balaban J connectivity index is 1.19. The topological polar surface area (TPSA) is 281 Å². The Labute approximate surface area is 401 Å². The third-order valence-electron chi connectivity index (χ3n) is 21.7. The van der Waals surface area contributed by atoms with Crippen molar-refractivity contribution in [3.63, 3.8) is 0 Å². The normalized spacial score (nSPS) is 50.2. The van der Waals surface area contributed by atoms with Gasteiger partial charge in [-0.05, 0) is 153 Å². The number of imidazole rings is 1. The molecule has 6 aliphatic carbocycles. The predicted molar refractivity (Wildman–Crippen MR) is 249 cm³/mol. The fraction of sp³-hybridized carbons (Fsp3) is 0.865. The number of nitrogens with two attached hydrogens (primary N) is 1. The fourth-order valence-electron chi connectivity index (χ4n) is 18.2. The van der Waals surface area contributed by atoms with Crippen molar-refractivity contribution in [2.75, 3.05) is 33.0 Å². The minimum atomic E-state index is -1.62. The molecule has 8 aliphatic rings. The minimum absolute atomic E-state index is 0.0158. The first-order valence-corrected chi connectivity index (χ1v) is 26.0. The molecule has 16 nitrogen and oxygen atoms in total. The van der Waals surface area contributed by atoms with Gasteiger partial charge in [-0.1, -0.05) is 46.3 Å². The average Bonchev–Trinajstić information content (AvgIpc) is 3.93. The van der Waals surface area contributed by atoms with Crippen LogP contribution in [0, 0.1) is 79.8 Å². The second-order valence-electron chi connectivity index (χ2n) is 24.7. The third kappa shape index (κ3) is 7.36. The van der Waals surface area contributed by atoms with Crippen LogP contribution in [0.2, 0.25) is 0 Å². The van der Waals surface area contributed by atoms with Crippen molar-refractivity contribution in [2.45, 2.75) is 167 Å². The zero-order valence-corrected chi connectivity index (χ0v) is 40.9. The van der Waals surface area contributed by atoms with Gasteiger partial charge in [-0.2, -0.15) is 0 Å². The van der Waals surface area contributed by atoms with Gasteiger partial charge in [-0.15, -0.1) is 0 Å². The van der Waals surface area contributed by atoms with Crippen molar-refractivity contribution in [1.82, 2.24) is 15.3 Å². The van der Waals surface area contributed by atoms with Crippen LogP contribution in [0.15, 0.2) is 24.2 Å². The maximum absolute atomic E-state index is 14.1. The van der Waals surface area contributed by atoms with Crippen LogP contribution < -0.4 is 11.1 Å². The minimum Gasteiger partial charge on any atom is -0.481 e. The summed E-state index contributed by atoms with van der Waals surface area (Å²) in [7, 11) is 0. The number of H-pyrrole nitrogens is 1. The number of amides is 1. The lowest BCUT2D eigenvalue weighted by Crippen LogP contribution is -2.73. The second-order valence-corrected chi connectivity index (χ2v) is 24.7. The number of aromatic nitrogens is 2. The highest BCUT2D eigenvalue weighted by Gasteiger charge is 2.76. The molecule has 0 spiro atoms. The highest BCUT2D eigenvalue weighted by Crippen LogP contribution is 2.80. The van der Waals surface area contributed by atoms with E-state index in [1.54, 1.807) is 12.5 Å². The molecule has 22 atom stereocenters. The Morgan fingerprint density at radius 2 is 1.74 bits per heavy atom. The molecule has 1 aromatic rings. The molecule has 7 fully saturated rings. The molecular formula is C52H82N4O12. The van der Waals surface area contributed by atoms with Gasteiger partial charge < -0.3 is 66.4 Å². The van der Waals surface area contributed by atoms with Gasteiger partial charge in [-0.25, -0.2) is 4.98 Å². The number of allylic oxidation sites excluding steroid dienone is 2. The highest BCUT2D eigenvalue weighted by atomic mass is 16.7. The van der Waals surface area contributed by atoms with Gasteiger partial charge >= 0.3 is 5.97 Å². The Morgan fingerprint density at radius 1 is 0.985 bits per heavy atom. The van der Waals surface area contributed by atoms with E-state index in [0.717, 1.165) is 25.0 Å². The van der Waals surface area contributed by atoms with E-state index in [4.69, 9.17) is 15.2 Å². The zero-order chi connectivity index (χ0) is 48.9. The highest BCUT2D eigenvalue weighted by molar-refractivity contribution is 5.79. The van der Waals surface area contributed by atoms with Crippen LogP contribution >= 0.6 is 0 Å². The first kappa shape index (κ1) is 50.4. The first-order chi connectivity index (χ1) is 32.2. The molecule has 0 radical (unpaired) electrons. The molecule has 12 N–H and O–H groups in total. The van der Waals surface area contributed by atoms with E-state index in [2.05, 4.69) is 49.1 Å². The SMILES string of the molecule is C[C@]1(CO)C[C@H]2C[C@H](CCO)C[C@H]3C[C@]2(C(=O)O)[C@@H](C1)C1=CC[C@@H]2[C@@]4(C)[C@H](C[C@H]5CC(=O)N[C@H]5[C@H](CCCN)c5cnc[nH]5)[C@@H](O)[C@@H](O[C@@H]5OC[C@@H](O)[C@H](O)[C@H]5O)[C@@](C)(CO)[C@H]4CC[C@@]2(C)[C@@]13C. The lowest BCUT2D eigenvalue weighted by atomic mass is 9.30. The number of carbonyl (C=O) groups excluding carboxylic acids is 1. The smallest absolute Gasteiger partial charge is 0.310 e. The number of nitrogens with zero attached hydrogens (tertiary/aromatic N) is 1. The number of nitrogens with one attached hydrogen (secondary N) is 2. The van der Waals surface area contributed by atoms with Crippen LogP contribution in [0.25, 0.3) is 0 Å². The standard InChI is InChI=1S/C52H82N4O12/c1-47(24-58)19-30-16-27(11-14-57)15-29-20-52(30,46(65)66)34(21-47)32-8-9-38-49(3,51(29,32)5)12-10-37-48(2,25-59)44(68-45-43(64)42(63)36(60)23-67-45)41(62)33(50(37,38)4)17-28-18-39(61)56-40(28)31(7-6-13-53)35-22-54-26-55-35/h8,22,26-31,33-34,36-38,40-45,57-60,62-64H,6-7,9-21,23-25,53H2,1-5H3,(H,54,55)(H,56,61)(H,65,66)/t27-,28+,29+,30-,31-,33-,34+,36-,37-,38+,40-,41-,42+,43-,44-,45+,47+,48+,49-,50+,51-,52-/m1/s1. The van der Waals surface area contributed by atoms with Crippen molar-refractivity contribution in [3.05, 3.63) is 29.9 Å². The van der Waals surface area contributed by atoms with Crippen molar-refractivity contribution in [3.8, 4) is 0 Å². The van der Waals surface area contributed by atoms with Crippen LogP contribution in [-0.2, 0) is 19.1 Å². The van der Waals surface area contributed by atoms with Crippen molar-refractivity contribution in [2.24, 2.45) is 85.6 Å². The number of aliphatic hydroxyl groups is 7. The van der Waals surface area contributed by atoms with Gasteiger partial charge in [0.05, 0.1) is 37.2 Å². The van der Waals surface area contributed by atoms with E-state index in [1.165, 1.54) is 5.57 Å². The van der Waals surface area contributed by atoms with E-state index in [-0.39, 0.29) is 92.1 Å². The van der Waals surface area contributed by atoms with Gasteiger partial charge in [0.1, 0.15) is 18.3 Å².